The molecule has 1 rings (SSSR count). The molecule has 0 fully saturated rings. The van der Waals surface area contributed by atoms with E-state index in [1.165, 1.54) is 12.3 Å². The van der Waals surface area contributed by atoms with Crippen molar-refractivity contribution in [3.05, 3.63) is 22.8 Å². The minimum atomic E-state index is -1.10. The molecule has 18 heavy (non-hydrogen) atoms. The molecular weight excluding hydrogens is 258 g/mol. The summed E-state index contributed by atoms with van der Waals surface area (Å²) in [5.74, 6) is -1.01. The van der Waals surface area contributed by atoms with Gasteiger partial charge in [-0.1, -0.05) is 11.6 Å². The minimum absolute atomic E-state index is 0.00351. The Kier molecular flexibility index (Phi) is 4.91. The van der Waals surface area contributed by atoms with Crippen molar-refractivity contribution >= 4 is 29.3 Å². The van der Waals surface area contributed by atoms with Crippen LogP contribution in [0, 0.1) is 0 Å². The molecule has 0 saturated heterocycles. The summed E-state index contributed by atoms with van der Waals surface area (Å²) in [5.41, 5.74) is -0.00351. The number of amides is 1. The normalized spacial score (nSPS) is 11.7. The van der Waals surface area contributed by atoms with E-state index in [1.807, 2.05) is 6.92 Å². The topological polar surface area (TPSA) is 91.3 Å². The number of nitrogens with one attached hydrogen (secondary N) is 2. The van der Waals surface area contributed by atoms with Crippen LogP contribution in [0.1, 0.15) is 24.2 Å². The lowest BCUT2D eigenvalue weighted by Gasteiger charge is -2.14. The zero-order valence-corrected chi connectivity index (χ0v) is 10.8. The molecule has 0 spiro atoms. The highest BCUT2D eigenvalue weighted by molar-refractivity contribution is 6.33. The van der Waals surface area contributed by atoms with E-state index in [-0.39, 0.29) is 22.3 Å². The average molecular weight is 272 g/mol. The molecule has 0 saturated carbocycles. The second-order valence-corrected chi connectivity index (χ2v) is 4.03. The Balaban J connectivity index is 2.79. The van der Waals surface area contributed by atoms with E-state index < -0.39 is 12.0 Å². The molecule has 98 valence electrons. The number of hydrogen-bond donors (Lipinski definition) is 3. The number of pyridine rings is 1. The highest BCUT2D eigenvalue weighted by atomic mass is 35.5. The van der Waals surface area contributed by atoms with Gasteiger partial charge in [-0.15, -0.1) is 0 Å². The second kappa shape index (κ2) is 6.20. The number of halogens is 1. The van der Waals surface area contributed by atoms with Crippen molar-refractivity contribution in [1.29, 1.82) is 0 Å². The highest BCUT2D eigenvalue weighted by Gasteiger charge is 2.15. The maximum absolute atomic E-state index is 11.5. The van der Waals surface area contributed by atoms with Crippen molar-refractivity contribution < 1.29 is 14.7 Å². The van der Waals surface area contributed by atoms with Crippen LogP contribution in [0.3, 0.4) is 0 Å². The zero-order valence-electron chi connectivity index (χ0n) is 10.0. The van der Waals surface area contributed by atoms with Gasteiger partial charge in [-0.25, -0.2) is 9.78 Å². The predicted molar refractivity (Wildman–Crippen MR) is 68.0 cm³/mol. The van der Waals surface area contributed by atoms with Gasteiger partial charge in [-0.05, 0) is 19.9 Å². The molecule has 0 aliphatic rings. The maximum Gasteiger partial charge on any atom is 0.337 e. The molecule has 0 aliphatic heterocycles. The van der Waals surface area contributed by atoms with Crippen LogP contribution in [0.5, 0.6) is 0 Å². The first-order valence-electron chi connectivity index (χ1n) is 5.38. The molecule has 1 heterocycles. The number of aromatic nitrogens is 1. The number of carbonyl (C=O) groups excluding carboxylic acids is 1. The third-order valence-corrected chi connectivity index (χ3v) is 2.47. The molecule has 0 aromatic carbocycles. The summed E-state index contributed by atoms with van der Waals surface area (Å²) in [7, 11) is 0. The molecule has 6 nitrogen and oxygen atoms in total. The second-order valence-electron chi connectivity index (χ2n) is 3.62. The van der Waals surface area contributed by atoms with E-state index in [0.29, 0.717) is 6.54 Å². The van der Waals surface area contributed by atoms with Crippen LogP contribution in [0.25, 0.3) is 0 Å². The number of hydrogen-bond acceptors (Lipinski definition) is 4. The van der Waals surface area contributed by atoms with Gasteiger partial charge in [0.15, 0.2) is 0 Å². The third-order valence-electron chi connectivity index (χ3n) is 2.19. The number of carboxylic acid groups (broad SMARTS) is 1. The molecule has 1 aromatic rings. The standard InChI is InChI=1S/C11H14ClN3O3/c1-3-13-10(16)6(2)15-9-8(12)4-7(5-14-9)11(17)18/h4-6H,3H2,1-2H3,(H,13,16)(H,14,15)(H,17,18). The quantitative estimate of drug-likeness (QED) is 0.752. The van der Waals surface area contributed by atoms with Crippen LogP contribution >= 0.6 is 11.6 Å². The number of carbonyl (C=O) groups is 2. The van der Waals surface area contributed by atoms with Crippen LogP contribution in [0.4, 0.5) is 5.82 Å². The summed E-state index contributed by atoms with van der Waals surface area (Å²) in [6.45, 7) is 4.01. The molecule has 0 bridgehead atoms. The predicted octanol–water partition coefficient (Wildman–Crippen LogP) is 1.37. The summed E-state index contributed by atoms with van der Waals surface area (Å²) in [5, 5.41) is 14.4. The maximum atomic E-state index is 11.5. The number of aromatic carboxylic acids is 1. The fourth-order valence-electron chi connectivity index (χ4n) is 1.26. The molecule has 3 N–H and O–H groups in total. The van der Waals surface area contributed by atoms with E-state index in [9.17, 15) is 9.59 Å². The Hall–Kier alpha value is -1.82. The fraction of sp³-hybridized carbons (Fsp3) is 0.364. The lowest BCUT2D eigenvalue weighted by Crippen LogP contribution is -2.37. The van der Waals surface area contributed by atoms with Gasteiger partial charge in [-0.3, -0.25) is 4.79 Å². The first kappa shape index (κ1) is 14.2. The van der Waals surface area contributed by atoms with E-state index in [0.717, 1.165) is 0 Å². The Morgan fingerprint density at radius 3 is 2.72 bits per heavy atom. The lowest BCUT2D eigenvalue weighted by molar-refractivity contribution is -0.121. The smallest absolute Gasteiger partial charge is 0.337 e. The summed E-state index contributed by atoms with van der Waals surface area (Å²) < 4.78 is 0. The van der Waals surface area contributed by atoms with Crippen molar-refractivity contribution in [3.63, 3.8) is 0 Å². The third kappa shape index (κ3) is 3.59. The van der Waals surface area contributed by atoms with E-state index in [1.54, 1.807) is 6.92 Å². The Morgan fingerprint density at radius 1 is 1.56 bits per heavy atom. The van der Waals surface area contributed by atoms with Crippen LogP contribution in [-0.4, -0.2) is 34.6 Å². The highest BCUT2D eigenvalue weighted by Crippen LogP contribution is 2.20. The van der Waals surface area contributed by atoms with E-state index >= 15 is 0 Å². The summed E-state index contributed by atoms with van der Waals surface area (Å²) in [6, 6.07) is 0.773. The number of likely N-dealkylation sites (N-methyl/N-ethyl adjacent to an activating group) is 1. The molecule has 0 aliphatic carbocycles. The van der Waals surface area contributed by atoms with Gasteiger partial charge in [0.05, 0.1) is 10.6 Å². The lowest BCUT2D eigenvalue weighted by atomic mass is 10.2. The van der Waals surface area contributed by atoms with Gasteiger partial charge < -0.3 is 15.7 Å². The number of anilines is 1. The minimum Gasteiger partial charge on any atom is -0.478 e. The number of nitrogens with zero attached hydrogens (tertiary/aromatic N) is 1. The summed E-state index contributed by atoms with van der Waals surface area (Å²) in [4.78, 5) is 26.1. The molecule has 0 radical (unpaired) electrons. The van der Waals surface area contributed by atoms with Crippen LogP contribution < -0.4 is 10.6 Å². The molecule has 1 amide bonds. The van der Waals surface area contributed by atoms with Crippen LogP contribution in [0.2, 0.25) is 5.02 Å². The first-order chi connectivity index (χ1) is 8.45. The SMILES string of the molecule is CCNC(=O)C(C)Nc1ncc(C(=O)O)cc1Cl. The Morgan fingerprint density at radius 2 is 2.22 bits per heavy atom. The van der Waals surface area contributed by atoms with Gasteiger partial charge >= 0.3 is 5.97 Å². The van der Waals surface area contributed by atoms with Crippen molar-refractivity contribution in [2.24, 2.45) is 0 Å². The van der Waals surface area contributed by atoms with E-state index in [2.05, 4.69) is 15.6 Å². The number of rotatable bonds is 5. The molecular formula is C11H14ClN3O3. The van der Waals surface area contributed by atoms with Crippen LogP contribution in [-0.2, 0) is 4.79 Å². The zero-order chi connectivity index (χ0) is 13.7. The Labute approximate surface area is 109 Å². The van der Waals surface area contributed by atoms with Gasteiger partial charge in [0.25, 0.3) is 0 Å². The van der Waals surface area contributed by atoms with Gasteiger partial charge in [-0.2, -0.15) is 0 Å². The van der Waals surface area contributed by atoms with Crippen molar-refractivity contribution in [2.45, 2.75) is 19.9 Å². The first-order valence-corrected chi connectivity index (χ1v) is 5.76. The van der Waals surface area contributed by atoms with Crippen LogP contribution in [0.15, 0.2) is 12.3 Å². The van der Waals surface area contributed by atoms with Gasteiger partial charge in [0, 0.05) is 12.7 Å². The van der Waals surface area contributed by atoms with Crippen molar-refractivity contribution in [1.82, 2.24) is 10.3 Å². The van der Waals surface area contributed by atoms with Gasteiger partial charge in [0.1, 0.15) is 11.9 Å². The largest absolute Gasteiger partial charge is 0.478 e. The molecule has 7 heteroatoms. The Bertz CT molecular complexity index is 465. The number of carboxylic acids is 1. The van der Waals surface area contributed by atoms with Crippen molar-refractivity contribution in [2.75, 3.05) is 11.9 Å². The average Bonchev–Trinajstić information content (AvgIpc) is 2.31. The summed E-state index contributed by atoms with van der Waals surface area (Å²) in [6.07, 6.45) is 1.18. The molecule has 1 aromatic heterocycles. The van der Waals surface area contributed by atoms with E-state index in [4.69, 9.17) is 16.7 Å². The molecule has 1 unspecified atom stereocenters. The fourth-order valence-corrected chi connectivity index (χ4v) is 1.48. The van der Waals surface area contributed by atoms with Crippen molar-refractivity contribution in [3.8, 4) is 0 Å². The monoisotopic (exact) mass is 271 g/mol. The van der Waals surface area contributed by atoms with Gasteiger partial charge in [0.2, 0.25) is 5.91 Å². The molecule has 1 atom stereocenters. The summed E-state index contributed by atoms with van der Waals surface area (Å²) >= 11 is 5.88.